The van der Waals surface area contributed by atoms with E-state index in [2.05, 4.69) is 20.9 Å². The highest BCUT2D eigenvalue weighted by atomic mass is 79.9. The highest BCUT2D eigenvalue weighted by molar-refractivity contribution is 9.10. The summed E-state index contributed by atoms with van der Waals surface area (Å²) < 4.78 is 39.2. The summed E-state index contributed by atoms with van der Waals surface area (Å²) in [7, 11) is 0. The summed E-state index contributed by atoms with van der Waals surface area (Å²) in [6.07, 6.45) is 1.65. The van der Waals surface area contributed by atoms with Crippen molar-refractivity contribution in [2.75, 3.05) is 11.4 Å². The Morgan fingerprint density at radius 3 is 2.96 bits per heavy atom. The van der Waals surface area contributed by atoms with Gasteiger partial charge in [-0.15, -0.1) is 0 Å². The van der Waals surface area contributed by atoms with Gasteiger partial charge >= 0.3 is 5.69 Å². The summed E-state index contributed by atoms with van der Waals surface area (Å²) in [5.74, 6) is -0.470. The molecule has 3 aromatic rings. The van der Waals surface area contributed by atoms with E-state index in [1.807, 2.05) is 18.2 Å². The maximum atomic E-state index is 14.8. The smallest absolute Gasteiger partial charge is 0.325 e. The molecular weight excluding hydrogens is 373 g/mol. The third-order valence-corrected chi connectivity index (χ3v) is 5.04. The van der Waals surface area contributed by atoms with Gasteiger partial charge in [0.2, 0.25) is 0 Å². The molecule has 2 aromatic carbocycles. The van der Waals surface area contributed by atoms with E-state index >= 15 is 0 Å². The largest absolute Gasteiger partial charge is 0.349 e. The number of aryl methyl sites for hydroxylation is 1. The van der Waals surface area contributed by atoms with E-state index in [4.69, 9.17) is 4.11 Å². The van der Waals surface area contributed by atoms with Gasteiger partial charge in [-0.3, -0.25) is 4.57 Å². The molecule has 1 aromatic heterocycles. The first kappa shape index (κ1) is 12.2. The molecule has 0 amide bonds. The second-order valence-corrected chi connectivity index (χ2v) is 6.53. The zero-order valence-corrected chi connectivity index (χ0v) is 14.2. The highest BCUT2D eigenvalue weighted by Gasteiger charge is 2.24. The molecule has 0 unspecified atom stereocenters. The minimum absolute atomic E-state index is 0.00659. The molecule has 0 atom stereocenters. The molecule has 2 heterocycles. The number of aromatic nitrogens is 2. The number of rotatable bonds is 1. The van der Waals surface area contributed by atoms with Gasteiger partial charge in [0.1, 0.15) is 5.82 Å². The lowest BCUT2D eigenvalue weighted by atomic mass is 10.0. The molecule has 24 heavy (non-hydrogen) atoms. The number of hydrogen-bond donors (Lipinski definition) is 0. The van der Waals surface area contributed by atoms with Crippen molar-refractivity contribution < 1.29 is 8.50 Å². The van der Waals surface area contributed by atoms with Crippen LogP contribution in [0, 0.1) is 5.82 Å². The van der Waals surface area contributed by atoms with Gasteiger partial charge in [-0.05, 0) is 42.7 Å². The van der Waals surface area contributed by atoms with Crippen molar-refractivity contribution in [1.29, 1.82) is 0 Å². The van der Waals surface area contributed by atoms with Crippen LogP contribution < -0.4 is 10.6 Å². The molecule has 6 heteroatoms. The molecule has 0 bridgehead atoms. The first-order chi connectivity index (χ1) is 12.8. The Labute approximate surface area is 150 Å². The van der Waals surface area contributed by atoms with Gasteiger partial charge in [-0.1, -0.05) is 28.1 Å². The minimum Gasteiger partial charge on any atom is -0.325 e. The number of hydrogen-bond acceptors (Lipinski definition) is 3. The van der Waals surface area contributed by atoms with Crippen molar-refractivity contribution >= 4 is 38.3 Å². The van der Waals surface area contributed by atoms with Gasteiger partial charge in [0.25, 0.3) is 0 Å². The van der Waals surface area contributed by atoms with Crippen LogP contribution in [0.3, 0.4) is 0 Å². The van der Waals surface area contributed by atoms with Gasteiger partial charge in [0, 0.05) is 27.8 Å². The summed E-state index contributed by atoms with van der Waals surface area (Å²) in [6, 6.07) is 9.76. The molecule has 4 rings (SSSR count). The molecule has 0 saturated carbocycles. The zero-order chi connectivity index (χ0) is 19.3. The van der Waals surface area contributed by atoms with Gasteiger partial charge < -0.3 is 4.90 Å². The number of nitrogens with zero attached hydrogens (tertiary/aromatic N) is 3. The van der Waals surface area contributed by atoms with Crippen LogP contribution in [0.4, 0.5) is 15.9 Å². The third kappa shape index (κ3) is 2.24. The quantitative estimate of drug-likeness (QED) is 0.631. The Kier molecular flexibility index (Phi) is 2.90. The van der Waals surface area contributed by atoms with Gasteiger partial charge in [0.05, 0.1) is 10.9 Å². The average Bonchev–Trinajstić information content (AvgIpc) is 2.60. The fourth-order valence-corrected chi connectivity index (χ4v) is 3.77. The molecule has 1 aliphatic heterocycles. The van der Waals surface area contributed by atoms with Crippen LogP contribution in [0.1, 0.15) is 16.1 Å². The van der Waals surface area contributed by atoms with Crippen molar-refractivity contribution in [2.24, 2.45) is 6.98 Å². The molecule has 0 fully saturated rings. The fourth-order valence-electron chi connectivity index (χ4n) is 3.22. The Morgan fingerprint density at radius 1 is 1.29 bits per heavy atom. The van der Waals surface area contributed by atoms with Crippen LogP contribution in [0.5, 0.6) is 0 Å². The van der Waals surface area contributed by atoms with Crippen molar-refractivity contribution in [3.05, 3.63) is 62.7 Å². The summed E-state index contributed by atoms with van der Waals surface area (Å²) in [5, 5.41) is 0.0288. The predicted molar refractivity (Wildman–Crippen MR) is 96.4 cm³/mol. The van der Waals surface area contributed by atoms with Crippen molar-refractivity contribution in [3.8, 4) is 0 Å². The van der Waals surface area contributed by atoms with Gasteiger partial charge in [-0.25, -0.2) is 9.18 Å². The molecule has 0 N–H and O–H groups in total. The van der Waals surface area contributed by atoms with Crippen LogP contribution in [-0.4, -0.2) is 16.1 Å². The molecule has 1 aliphatic rings. The SMILES string of the molecule is [2H]C([2H])([2H])n1c(=O)nc(N2CCCc3c(Br)cccc32)c2c(F)cccc21. The van der Waals surface area contributed by atoms with E-state index in [1.165, 1.54) is 18.2 Å². The zero-order valence-electron chi connectivity index (χ0n) is 15.6. The van der Waals surface area contributed by atoms with E-state index < -0.39 is 18.5 Å². The molecule has 0 saturated heterocycles. The fraction of sp³-hybridized carbons (Fsp3) is 0.222. The maximum Gasteiger partial charge on any atom is 0.349 e. The predicted octanol–water partition coefficient (Wildman–Crippen LogP) is 3.92. The molecular formula is C18H15BrFN3O. The van der Waals surface area contributed by atoms with Crippen LogP contribution in [0.15, 0.2) is 45.7 Å². The monoisotopic (exact) mass is 390 g/mol. The lowest BCUT2D eigenvalue weighted by molar-refractivity contribution is 0.636. The normalized spacial score (nSPS) is 16.4. The van der Waals surface area contributed by atoms with E-state index in [0.717, 1.165) is 28.6 Å². The average molecular weight is 391 g/mol. The Morgan fingerprint density at radius 2 is 2.12 bits per heavy atom. The lowest BCUT2D eigenvalue weighted by Crippen LogP contribution is -2.30. The number of halogens is 2. The van der Waals surface area contributed by atoms with Crippen molar-refractivity contribution in [1.82, 2.24) is 9.55 Å². The second kappa shape index (κ2) is 5.70. The minimum atomic E-state index is -2.75. The third-order valence-electron chi connectivity index (χ3n) is 4.30. The van der Waals surface area contributed by atoms with E-state index in [9.17, 15) is 9.18 Å². The summed E-state index contributed by atoms with van der Waals surface area (Å²) in [5.41, 5.74) is 0.964. The summed E-state index contributed by atoms with van der Waals surface area (Å²) >= 11 is 3.54. The highest BCUT2D eigenvalue weighted by Crippen LogP contribution is 2.38. The molecule has 0 spiro atoms. The first-order valence-electron chi connectivity index (χ1n) is 9.06. The molecule has 0 radical (unpaired) electrons. The summed E-state index contributed by atoms with van der Waals surface area (Å²) in [4.78, 5) is 18.4. The van der Waals surface area contributed by atoms with Crippen LogP contribution in [0.2, 0.25) is 0 Å². The number of fused-ring (bicyclic) bond motifs is 2. The first-order valence-corrected chi connectivity index (χ1v) is 8.35. The van der Waals surface area contributed by atoms with E-state index in [-0.39, 0.29) is 16.7 Å². The number of anilines is 2. The maximum absolute atomic E-state index is 14.8. The second-order valence-electron chi connectivity index (χ2n) is 5.68. The van der Waals surface area contributed by atoms with Gasteiger partial charge in [0.15, 0.2) is 5.82 Å². The Bertz CT molecular complexity index is 1110. The number of benzene rings is 2. The summed E-state index contributed by atoms with van der Waals surface area (Å²) in [6.45, 7) is -2.20. The Hall–Kier alpha value is -2.21. The molecule has 0 aliphatic carbocycles. The van der Waals surface area contributed by atoms with Crippen LogP contribution in [-0.2, 0) is 13.4 Å². The standard InChI is InChI=1S/C18H15BrFN3O/c1-22-15-9-3-7-13(20)16(15)17(21-18(22)24)23-10-4-5-11-12(19)6-2-8-14(11)23/h2-3,6-9H,4-5,10H2,1H3/i1D3. The van der Waals surface area contributed by atoms with Gasteiger partial charge in [-0.2, -0.15) is 4.98 Å². The lowest BCUT2D eigenvalue weighted by Gasteiger charge is -2.31. The van der Waals surface area contributed by atoms with Crippen LogP contribution >= 0.6 is 15.9 Å². The van der Waals surface area contributed by atoms with Crippen molar-refractivity contribution in [3.63, 3.8) is 0 Å². The molecule has 122 valence electrons. The van der Waals surface area contributed by atoms with E-state index in [0.29, 0.717) is 11.1 Å². The Balaban J connectivity index is 2.06. The van der Waals surface area contributed by atoms with E-state index in [1.54, 1.807) is 4.90 Å². The van der Waals surface area contributed by atoms with Crippen molar-refractivity contribution in [2.45, 2.75) is 12.8 Å². The topological polar surface area (TPSA) is 38.1 Å². The van der Waals surface area contributed by atoms with Crippen LogP contribution in [0.25, 0.3) is 10.9 Å². The molecule has 4 nitrogen and oxygen atoms in total.